The van der Waals surface area contributed by atoms with E-state index in [1.807, 2.05) is 36.4 Å². The number of rotatable bonds is 3. The van der Waals surface area contributed by atoms with Gasteiger partial charge in [-0.1, -0.05) is 88.4 Å². The summed E-state index contributed by atoms with van der Waals surface area (Å²) in [6.07, 6.45) is 4.35. The van der Waals surface area contributed by atoms with Gasteiger partial charge >= 0.3 is 0 Å². The Labute approximate surface area is 251 Å². The van der Waals surface area contributed by atoms with E-state index in [1.165, 1.54) is 44.5 Å². The lowest BCUT2D eigenvalue weighted by Gasteiger charge is -2.41. The van der Waals surface area contributed by atoms with Crippen molar-refractivity contribution in [2.24, 2.45) is 5.41 Å². The van der Waals surface area contributed by atoms with Crippen molar-refractivity contribution in [1.29, 1.82) is 0 Å². The van der Waals surface area contributed by atoms with Gasteiger partial charge < -0.3 is 0 Å². The van der Waals surface area contributed by atoms with Crippen LogP contribution < -0.4 is 0 Å². The van der Waals surface area contributed by atoms with Gasteiger partial charge in [0, 0.05) is 23.4 Å². The van der Waals surface area contributed by atoms with Crippen LogP contribution in [0.1, 0.15) is 49.9 Å². The van der Waals surface area contributed by atoms with E-state index < -0.39 is 0 Å². The predicted octanol–water partition coefficient (Wildman–Crippen LogP) is 8.57. The number of aromatic nitrogens is 5. The third-order valence-electron chi connectivity index (χ3n) is 9.54. The average molecular weight is 558 g/mol. The van der Waals surface area contributed by atoms with Crippen LogP contribution >= 0.6 is 0 Å². The van der Waals surface area contributed by atoms with E-state index in [1.54, 1.807) is 12.4 Å². The number of hydrogen-bond acceptors (Lipinski definition) is 5. The number of nitrogens with zero attached hydrogens (tertiary/aromatic N) is 5. The van der Waals surface area contributed by atoms with E-state index in [0.29, 0.717) is 28.9 Å². The van der Waals surface area contributed by atoms with Crippen LogP contribution in [0.2, 0.25) is 0 Å². The highest BCUT2D eigenvalue weighted by molar-refractivity contribution is 5.91. The lowest BCUT2D eigenvalue weighted by molar-refractivity contribution is 0.255. The Bertz CT molecular complexity index is 1990. The largest absolute Gasteiger partial charge is 0.253 e. The molecular formula is C38H31N5. The molecule has 0 bridgehead atoms. The van der Waals surface area contributed by atoms with Crippen molar-refractivity contribution in [3.05, 3.63) is 126 Å². The molecule has 3 aromatic carbocycles. The first-order chi connectivity index (χ1) is 20.8. The van der Waals surface area contributed by atoms with E-state index in [-0.39, 0.29) is 10.8 Å². The van der Waals surface area contributed by atoms with E-state index in [4.69, 9.17) is 15.0 Å². The smallest absolute Gasteiger partial charge is 0.182 e. The standard InChI is InChI=1S/C38H31N5/c1-37(2,3)38(4)30-15-6-5-12-25(30)29-22-27-23(21-31(29)38)20-28-24(27)13-11-14-26(28)34-41-35(32-16-7-9-18-39-32)43-36(42-34)33-17-8-10-19-40-33/h5-19,21-22H,20H2,1-4H3. The second-order valence-electron chi connectivity index (χ2n) is 12.7. The molecule has 3 aromatic heterocycles. The zero-order chi connectivity index (χ0) is 29.3. The molecule has 0 fully saturated rings. The van der Waals surface area contributed by atoms with E-state index >= 15 is 0 Å². The van der Waals surface area contributed by atoms with E-state index in [0.717, 1.165) is 12.0 Å². The summed E-state index contributed by atoms with van der Waals surface area (Å²) in [5, 5.41) is 0. The van der Waals surface area contributed by atoms with Gasteiger partial charge in [0.25, 0.3) is 0 Å². The molecule has 43 heavy (non-hydrogen) atoms. The second kappa shape index (κ2) is 9.23. The summed E-state index contributed by atoms with van der Waals surface area (Å²) in [4.78, 5) is 23.8. The number of hydrogen-bond donors (Lipinski definition) is 0. The number of benzene rings is 3. The quantitative estimate of drug-likeness (QED) is 0.218. The molecule has 5 heteroatoms. The molecular weight excluding hydrogens is 526 g/mol. The second-order valence-corrected chi connectivity index (χ2v) is 12.7. The van der Waals surface area contributed by atoms with Crippen LogP contribution in [0.4, 0.5) is 0 Å². The summed E-state index contributed by atoms with van der Waals surface area (Å²) in [6, 6.07) is 31.9. The molecule has 5 nitrogen and oxygen atoms in total. The van der Waals surface area contributed by atoms with Gasteiger partial charge in [0.1, 0.15) is 11.4 Å². The van der Waals surface area contributed by atoms with Gasteiger partial charge in [-0.15, -0.1) is 0 Å². The molecule has 0 aliphatic heterocycles. The van der Waals surface area contributed by atoms with Crippen molar-refractivity contribution in [3.63, 3.8) is 0 Å². The lowest BCUT2D eigenvalue weighted by atomic mass is 9.62. The third kappa shape index (κ3) is 3.81. The minimum Gasteiger partial charge on any atom is -0.253 e. The average Bonchev–Trinajstić information content (AvgIpc) is 3.53. The van der Waals surface area contributed by atoms with Gasteiger partial charge in [-0.3, -0.25) is 9.97 Å². The van der Waals surface area contributed by atoms with Crippen LogP contribution in [0.5, 0.6) is 0 Å². The highest BCUT2D eigenvalue weighted by Gasteiger charge is 2.48. The van der Waals surface area contributed by atoms with Crippen molar-refractivity contribution >= 4 is 0 Å². The van der Waals surface area contributed by atoms with Crippen molar-refractivity contribution in [1.82, 2.24) is 24.9 Å². The van der Waals surface area contributed by atoms with Gasteiger partial charge in [0.15, 0.2) is 17.5 Å². The molecule has 0 spiro atoms. The third-order valence-corrected chi connectivity index (χ3v) is 9.54. The zero-order valence-electron chi connectivity index (χ0n) is 24.8. The Morgan fingerprint density at radius 2 is 1.16 bits per heavy atom. The molecule has 1 atom stereocenters. The molecule has 8 rings (SSSR count). The molecule has 0 saturated carbocycles. The maximum atomic E-state index is 4.97. The number of fused-ring (bicyclic) bond motifs is 6. The topological polar surface area (TPSA) is 64.5 Å². The molecule has 1 unspecified atom stereocenters. The maximum Gasteiger partial charge on any atom is 0.182 e. The number of pyridine rings is 2. The Kier molecular flexibility index (Phi) is 5.51. The summed E-state index contributed by atoms with van der Waals surface area (Å²) >= 11 is 0. The summed E-state index contributed by atoms with van der Waals surface area (Å²) in [7, 11) is 0. The fourth-order valence-corrected chi connectivity index (χ4v) is 6.93. The fourth-order valence-electron chi connectivity index (χ4n) is 6.93. The monoisotopic (exact) mass is 557 g/mol. The summed E-state index contributed by atoms with van der Waals surface area (Å²) in [5.74, 6) is 1.71. The SMILES string of the molecule is CC(C)(C)C1(C)c2ccccc2-c2cc3c(cc21)Cc1c(-c2nc(-c4ccccn4)nc(-c4ccccn4)n2)cccc1-3. The van der Waals surface area contributed by atoms with Gasteiger partial charge in [-0.25, -0.2) is 15.0 Å². The van der Waals surface area contributed by atoms with Crippen LogP contribution in [-0.4, -0.2) is 24.9 Å². The maximum absolute atomic E-state index is 4.97. The van der Waals surface area contributed by atoms with E-state index in [9.17, 15) is 0 Å². The zero-order valence-corrected chi connectivity index (χ0v) is 24.8. The normalized spacial score (nSPS) is 16.4. The minimum atomic E-state index is -0.0884. The highest BCUT2D eigenvalue weighted by atomic mass is 15.1. The molecule has 208 valence electrons. The van der Waals surface area contributed by atoms with Gasteiger partial charge in [-0.05, 0) is 86.7 Å². The Hall–Kier alpha value is -5.03. The molecule has 6 aromatic rings. The molecule has 0 radical (unpaired) electrons. The molecule has 3 heterocycles. The van der Waals surface area contributed by atoms with Crippen LogP contribution in [0.3, 0.4) is 0 Å². The van der Waals surface area contributed by atoms with Gasteiger partial charge in [0.2, 0.25) is 0 Å². The van der Waals surface area contributed by atoms with Crippen molar-refractivity contribution in [2.45, 2.75) is 39.5 Å². The molecule has 0 saturated heterocycles. The first-order valence-electron chi connectivity index (χ1n) is 14.8. The van der Waals surface area contributed by atoms with Gasteiger partial charge in [-0.2, -0.15) is 0 Å². The van der Waals surface area contributed by atoms with Crippen molar-refractivity contribution in [3.8, 4) is 56.7 Å². The molecule has 2 aliphatic carbocycles. The van der Waals surface area contributed by atoms with Crippen LogP contribution in [-0.2, 0) is 11.8 Å². The Balaban J connectivity index is 1.31. The Morgan fingerprint density at radius 1 is 0.558 bits per heavy atom. The highest BCUT2D eigenvalue weighted by Crippen LogP contribution is 2.58. The van der Waals surface area contributed by atoms with Gasteiger partial charge in [0.05, 0.1) is 0 Å². The molecule has 2 aliphatic rings. The van der Waals surface area contributed by atoms with Crippen LogP contribution in [0, 0.1) is 5.41 Å². The first kappa shape index (κ1) is 25.7. The first-order valence-corrected chi connectivity index (χ1v) is 14.8. The van der Waals surface area contributed by atoms with Crippen molar-refractivity contribution in [2.75, 3.05) is 0 Å². The summed E-state index contributed by atoms with van der Waals surface area (Å²) < 4.78 is 0. The lowest BCUT2D eigenvalue weighted by Crippen LogP contribution is -2.36. The Morgan fingerprint density at radius 3 is 1.81 bits per heavy atom. The molecule has 0 amide bonds. The molecule has 0 N–H and O–H groups in total. The fraction of sp³-hybridized carbons (Fsp3) is 0.184. The van der Waals surface area contributed by atoms with Crippen LogP contribution in [0.15, 0.2) is 103 Å². The predicted molar refractivity (Wildman–Crippen MR) is 171 cm³/mol. The van der Waals surface area contributed by atoms with E-state index in [2.05, 4.69) is 92.3 Å². The summed E-state index contributed by atoms with van der Waals surface area (Å²) in [6.45, 7) is 9.50. The van der Waals surface area contributed by atoms with Crippen molar-refractivity contribution < 1.29 is 0 Å². The summed E-state index contributed by atoms with van der Waals surface area (Å²) in [5.41, 5.74) is 13.1. The minimum absolute atomic E-state index is 0.0494. The van der Waals surface area contributed by atoms with Crippen LogP contribution in [0.25, 0.3) is 56.7 Å².